The first-order chi connectivity index (χ1) is 9.10. The van der Waals surface area contributed by atoms with Gasteiger partial charge in [0.1, 0.15) is 5.82 Å². The molecule has 0 aromatic carbocycles. The lowest BCUT2D eigenvalue weighted by Crippen LogP contribution is -2.27. The van der Waals surface area contributed by atoms with Crippen molar-refractivity contribution >= 4 is 28.2 Å². The van der Waals surface area contributed by atoms with E-state index in [9.17, 15) is 4.79 Å². The number of carbonyl (C=O) groups is 1. The molecule has 0 unspecified atom stereocenters. The first-order valence-electron chi connectivity index (χ1n) is 6.06. The quantitative estimate of drug-likeness (QED) is 0.907. The van der Waals surface area contributed by atoms with E-state index < -0.39 is 0 Å². The number of thiazole rings is 1. The summed E-state index contributed by atoms with van der Waals surface area (Å²) in [5, 5.41) is 10.1. The van der Waals surface area contributed by atoms with Crippen molar-refractivity contribution in [3.05, 3.63) is 23.3 Å². The van der Waals surface area contributed by atoms with E-state index in [-0.39, 0.29) is 5.91 Å². The summed E-state index contributed by atoms with van der Waals surface area (Å²) >= 11 is 1.48. The summed E-state index contributed by atoms with van der Waals surface area (Å²) in [6.07, 6.45) is 1.88. The van der Waals surface area contributed by atoms with E-state index in [2.05, 4.69) is 15.4 Å². The van der Waals surface area contributed by atoms with Crippen molar-refractivity contribution in [2.24, 2.45) is 7.05 Å². The lowest BCUT2D eigenvalue weighted by atomic mass is 10.4. The van der Waals surface area contributed by atoms with Crippen LogP contribution < -0.4 is 10.2 Å². The molecule has 19 heavy (non-hydrogen) atoms. The Bertz CT molecular complexity index is 562. The highest BCUT2D eigenvalue weighted by atomic mass is 32.1. The van der Waals surface area contributed by atoms with Crippen molar-refractivity contribution in [2.75, 3.05) is 16.8 Å². The minimum Gasteiger partial charge on any atom is -0.363 e. The summed E-state index contributed by atoms with van der Waals surface area (Å²) in [7, 11) is 1.87. The normalized spacial score (nSPS) is 10.5. The van der Waals surface area contributed by atoms with E-state index >= 15 is 0 Å². The molecule has 0 aliphatic carbocycles. The van der Waals surface area contributed by atoms with Crippen molar-refractivity contribution < 1.29 is 4.79 Å². The second-order valence-corrected chi connectivity index (χ2v) is 4.95. The highest BCUT2D eigenvalue weighted by molar-refractivity contribution is 7.14. The highest BCUT2D eigenvalue weighted by Gasteiger charge is 2.13. The van der Waals surface area contributed by atoms with Crippen LogP contribution in [-0.2, 0) is 18.4 Å². The molecule has 0 saturated heterocycles. The third-order valence-corrected chi connectivity index (χ3v) is 3.54. The van der Waals surface area contributed by atoms with Crippen molar-refractivity contribution in [1.29, 1.82) is 0 Å². The van der Waals surface area contributed by atoms with Gasteiger partial charge in [-0.15, -0.1) is 11.3 Å². The Balaban J connectivity index is 1.99. The molecular weight excluding hydrogens is 262 g/mol. The average Bonchev–Trinajstić information content (AvgIpc) is 2.96. The fourth-order valence-electron chi connectivity index (χ4n) is 1.68. The predicted molar refractivity (Wildman–Crippen MR) is 76.3 cm³/mol. The summed E-state index contributed by atoms with van der Waals surface area (Å²) in [5.74, 6) is 0.831. The van der Waals surface area contributed by atoms with Crippen LogP contribution in [0.3, 0.4) is 0 Å². The van der Waals surface area contributed by atoms with Crippen LogP contribution in [0.1, 0.15) is 19.5 Å². The maximum absolute atomic E-state index is 11.4. The maximum Gasteiger partial charge on any atom is 0.225 e. The van der Waals surface area contributed by atoms with Gasteiger partial charge in [-0.3, -0.25) is 14.4 Å². The summed E-state index contributed by atoms with van der Waals surface area (Å²) in [6.45, 7) is 4.73. The predicted octanol–water partition coefficient (Wildman–Crippen LogP) is 1.86. The summed E-state index contributed by atoms with van der Waals surface area (Å²) in [5.41, 5.74) is 0.908. The molecule has 2 heterocycles. The second kappa shape index (κ2) is 5.83. The Morgan fingerprint density at radius 1 is 1.58 bits per heavy atom. The third kappa shape index (κ3) is 3.31. The number of rotatable bonds is 5. The lowest BCUT2D eigenvalue weighted by Gasteiger charge is -2.14. The van der Waals surface area contributed by atoms with E-state index in [1.165, 1.54) is 11.3 Å². The van der Waals surface area contributed by atoms with Crippen LogP contribution in [0.15, 0.2) is 17.6 Å². The Morgan fingerprint density at radius 3 is 2.95 bits per heavy atom. The molecule has 7 heteroatoms. The van der Waals surface area contributed by atoms with E-state index in [1.807, 2.05) is 31.6 Å². The van der Waals surface area contributed by atoms with E-state index in [4.69, 9.17) is 0 Å². The third-order valence-electron chi connectivity index (χ3n) is 2.63. The van der Waals surface area contributed by atoms with Gasteiger partial charge >= 0.3 is 0 Å². The first kappa shape index (κ1) is 13.5. The number of nitrogens with one attached hydrogen (secondary N) is 1. The molecule has 0 saturated carbocycles. The number of hydrogen-bond acceptors (Lipinski definition) is 5. The van der Waals surface area contributed by atoms with Gasteiger partial charge in [0, 0.05) is 38.2 Å². The second-order valence-electron chi connectivity index (χ2n) is 4.11. The van der Waals surface area contributed by atoms with Crippen molar-refractivity contribution in [3.63, 3.8) is 0 Å². The van der Waals surface area contributed by atoms with Gasteiger partial charge in [0.05, 0.1) is 12.2 Å². The number of nitrogens with zero attached hydrogens (tertiary/aromatic N) is 4. The molecule has 2 aromatic rings. The monoisotopic (exact) mass is 279 g/mol. The minimum atomic E-state index is 0.0149. The number of carbonyl (C=O) groups excluding carboxylic acids is 1. The highest BCUT2D eigenvalue weighted by Crippen LogP contribution is 2.21. The Kier molecular flexibility index (Phi) is 4.16. The molecule has 0 bridgehead atoms. The van der Waals surface area contributed by atoms with Gasteiger partial charge in [-0.05, 0) is 6.92 Å². The molecule has 102 valence electrons. The molecule has 0 atom stereocenters. The topological polar surface area (TPSA) is 63.1 Å². The molecule has 0 aliphatic heterocycles. The zero-order valence-electron chi connectivity index (χ0n) is 11.3. The fraction of sp³-hybridized carbons (Fsp3) is 0.417. The van der Waals surface area contributed by atoms with Crippen LogP contribution >= 0.6 is 11.3 Å². The zero-order valence-corrected chi connectivity index (χ0v) is 12.1. The molecule has 0 radical (unpaired) electrons. The van der Waals surface area contributed by atoms with Crippen molar-refractivity contribution in [2.45, 2.75) is 20.4 Å². The van der Waals surface area contributed by atoms with Crippen LogP contribution in [0.2, 0.25) is 0 Å². The number of aryl methyl sites for hydroxylation is 1. The van der Waals surface area contributed by atoms with Gasteiger partial charge in [-0.25, -0.2) is 4.98 Å². The average molecular weight is 279 g/mol. The van der Waals surface area contributed by atoms with Gasteiger partial charge in [0.25, 0.3) is 0 Å². The van der Waals surface area contributed by atoms with Crippen LogP contribution in [0.4, 0.5) is 10.9 Å². The largest absolute Gasteiger partial charge is 0.363 e. The SMILES string of the molecule is CCN(C(C)=O)c1nc(CNc2ccn(C)n2)cs1. The summed E-state index contributed by atoms with van der Waals surface area (Å²) < 4.78 is 1.74. The van der Waals surface area contributed by atoms with Crippen LogP contribution in [-0.4, -0.2) is 27.2 Å². The van der Waals surface area contributed by atoms with E-state index in [1.54, 1.807) is 16.5 Å². The van der Waals surface area contributed by atoms with E-state index in [0.29, 0.717) is 13.1 Å². The van der Waals surface area contributed by atoms with Crippen molar-refractivity contribution in [3.8, 4) is 0 Å². The maximum atomic E-state index is 11.4. The smallest absolute Gasteiger partial charge is 0.225 e. The number of hydrogen-bond donors (Lipinski definition) is 1. The minimum absolute atomic E-state index is 0.0149. The van der Waals surface area contributed by atoms with Gasteiger partial charge in [0.15, 0.2) is 5.13 Å². The Labute approximate surface area is 116 Å². The Morgan fingerprint density at radius 2 is 2.37 bits per heavy atom. The first-order valence-corrected chi connectivity index (χ1v) is 6.94. The van der Waals surface area contributed by atoms with Crippen molar-refractivity contribution in [1.82, 2.24) is 14.8 Å². The molecule has 1 amide bonds. The standard InChI is InChI=1S/C12H17N5OS/c1-4-17(9(2)18)12-14-10(8-19-12)7-13-11-5-6-16(3)15-11/h5-6,8H,4,7H2,1-3H3,(H,13,15). The molecule has 0 spiro atoms. The van der Waals surface area contributed by atoms with Crippen LogP contribution in [0.25, 0.3) is 0 Å². The summed E-state index contributed by atoms with van der Waals surface area (Å²) in [6, 6.07) is 1.90. The molecule has 0 fully saturated rings. The van der Waals surface area contributed by atoms with Gasteiger partial charge in [-0.2, -0.15) is 5.10 Å². The molecule has 2 aromatic heterocycles. The zero-order chi connectivity index (χ0) is 13.8. The van der Waals surface area contributed by atoms with Crippen LogP contribution in [0, 0.1) is 0 Å². The Hall–Kier alpha value is -1.89. The summed E-state index contributed by atoms with van der Waals surface area (Å²) in [4.78, 5) is 17.5. The number of aromatic nitrogens is 3. The number of amides is 1. The molecule has 2 rings (SSSR count). The molecule has 6 nitrogen and oxygen atoms in total. The fourth-order valence-corrected chi connectivity index (χ4v) is 2.62. The van der Waals surface area contributed by atoms with Gasteiger partial charge < -0.3 is 5.32 Å². The molecule has 0 aliphatic rings. The lowest BCUT2D eigenvalue weighted by molar-refractivity contribution is -0.116. The number of anilines is 2. The van der Waals surface area contributed by atoms with Crippen LogP contribution in [0.5, 0.6) is 0 Å². The molecular formula is C12H17N5OS. The van der Waals surface area contributed by atoms with Gasteiger partial charge in [-0.1, -0.05) is 0 Å². The molecule has 1 N–H and O–H groups in total. The van der Waals surface area contributed by atoms with Gasteiger partial charge in [0.2, 0.25) is 5.91 Å². The van der Waals surface area contributed by atoms with E-state index in [0.717, 1.165) is 16.6 Å².